The Morgan fingerprint density at radius 1 is 1.48 bits per heavy atom. The van der Waals surface area contributed by atoms with Gasteiger partial charge in [0.05, 0.1) is 6.10 Å². The first kappa shape index (κ1) is 15.8. The minimum absolute atomic E-state index is 0.0990. The van der Waals surface area contributed by atoms with Gasteiger partial charge in [0, 0.05) is 25.7 Å². The molecule has 0 unspecified atom stereocenters. The molecule has 1 fully saturated rings. The van der Waals surface area contributed by atoms with Gasteiger partial charge in [0.2, 0.25) is 5.91 Å². The molecule has 1 amide bonds. The summed E-state index contributed by atoms with van der Waals surface area (Å²) in [4.78, 5) is 14.0. The predicted octanol–water partition coefficient (Wildman–Crippen LogP) is 1.56. The smallest absolute Gasteiger partial charge is 0.244 e. The summed E-state index contributed by atoms with van der Waals surface area (Å²) in [5, 5.41) is 12.3. The number of piperidine rings is 1. The van der Waals surface area contributed by atoms with Crippen LogP contribution in [0.15, 0.2) is 22.6 Å². The molecule has 0 spiro atoms. The van der Waals surface area contributed by atoms with Crippen molar-refractivity contribution < 1.29 is 14.3 Å². The summed E-state index contributed by atoms with van der Waals surface area (Å²) in [7, 11) is 0. The van der Waals surface area contributed by atoms with Crippen molar-refractivity contribution in [3.05, 3.63) is 29.7 Å². The molecule has 0 radical (unpaired) electrons. The van der Waals surface area contributed by atoms with Gasteiger partial charge >= 0.3 is 0 Å². The van der Waals surface area contributed by atoms with E-state index in [9.17, 15) is 9.90 Å². The van der Waals surface area contributed by atoms with Gasteiger partial charge in [-0.25, -0.2) is 0 Å². The highest BCUT2D eigenvalue weighted by Gasteiger charge is 2.15. The van der Waals surface area contributed by atoms with Crippen LogP contribution in [0.1, 0.15) is 30.8 Å². The number of likely N-dealkylation sites (tertiary alicyclic amines) is 1. The molecule has 5 heteroatoms. The van der Waals surface area contributed by atoms with Gasteiger partial charge < -0.3 is 19.7 Å². The maximum atomic E-state index is 11.6. The Bertz CT molecular complexity index is 474. The van der Waals surface area contributed by atoms with Gasteiger partial charge in [-0.15, -0.1) is 0 Å². The second kappa shape index (κ2) is 8.00. The summed E-state index contributed by atoms with van der Waals surface area (Å²) in [6.45, 7) is 5.41. The van der Waals surface area contributed by atoms with Crippen molar-refractivity contribution in [1.82, 2.24) is 10.2 Å². The third-order valence-electron chi connectivity index (χ3n) is 3.67. The van der Waals surface area contributed by atoms with E-state index in [-0.39, 0.29) is 12.0 Å². The lowest BCUT2D eigenvalue weighted by Gasteiger charge is -2.29. The number of hydrogen-bond donors (Lipinski definition) is 2. The molecule has 1 aromatic rings. The first-order chi connectivity index (χ1) is 10.1. The van der Waals surface area contributed by atoms with E-state index in [1.807, 2.05) is 19.1 Å². The Morgan fingerprint density at radius 2 is 2.24 bits per heavy atom. The first-order valence-electron chi connectivity index (χ1n) is 7.56. The summed E-state index contributed by atoms with van der Waals surface area (Å²) in [5.41, 5.74) is 0. The number of carbonyl (C=O) groups is 1. The Balaban J connectivity index is 1.58. The topological polar surface area (TPSA) is 65.7 Å². The fraction of sp³-hybridized carbons (Fsp3) is 0.562. The second-order valence-corrected chi connectivity index (χ2v) is 5.50. The fourth-order valence-electron chi connectivity index (χ4n) is 2.42. The summed E-state index contributed by atoms with van der Waals surface area (Å²) < 4.78 is 5.35. The van der Waals surface area contributed by atoms with Gasteiger partial charge in [-0.2, -0.15) is 0 Å². The average molecular weight is 292 g/mol. The quantitative estimate of drug-likeness (QED) is 0.617. The van der Waals surface area contributed by atoms with Gasteiger partial charge in [0.1, 0.15) is 11.5 Å². The van der Waals surface area contributed by atoms with Crippen LogP contribution >= 0.6 is 0 Å². The van der Waals surface area contributed by atoms with E-state index < -0.39 is 0 Å². The number of furan rings is 1. The van der Waals surface area contributed by atoms with Crippen LogP contribution < -0.4 is 5.32 Å². The van der Waals surface area contributed by atoms with E-state index in [2.05, 4.69) is 10.2 Å². The van der Waals surface area contributed by atoms with Crippen molar-refractivity contribution in [3.63, 3.8) is 0 Å². The van der Waals surface area contributed by atoms with Crippen molar-refractivity contribution in [2.75, 3.05) is 26.2 Å². The molecule has 21 heavy (non-hydrogen) atoms. The molecular formula is C16H24N2O3. The lowest BCUT2D eigenvalue weighted by Crippen LogP contribution is -2.37. The highest BCUT2D eigenvalue weighted by atomic mass is 16.3. The lowest BCUT2D eigenvalue weighted by molar-refractivity contribution is -0.116. The third-order valence-corrected chi connectivity index (χ3v) is 3.67. The fourth-order valence-corrected chi connectivity index (χ4v) is 2.42. The molecule has 116 valence electrons. The van der Waals surface area contributed by atoms with Crippen molar-refractivity contribution >= 4 is 12.0 Å². The number of carbonyl (C=O) groups excluding carboxylic acids is 1. The molecule has 1 aliphatic heterocycles. The van der Waals surface area contributed by atoms with Gasteiger partial charge in [0.15, 0.2) is 0 Å². The average Bonchev–Trinajstić information content (AvgIpc) is 2.89. The number of aryl methyl sites for hydroxylation is 1. The number of amides is 1. The molecule has 2 rings (SSSR count). The molecular weight excluding hydrogens is 268 g/mol. The summed E-state index contributed by atoms with van der Waals surface area (Å²) in [6.07, 6.45) is 5.69. The van der Waals surface area contributed by atoms with Crippen molar-refractivity contribution in [2.24, 2.45) is 0 Å². The highest BCUT2D eigenvalue weighted by molar-refractivity contribution is 5.91. The third kappa shape index (κ3) is 5.73. The molecule has 2 N–H and O–H groups in total. The van der Waals surface area contributed by atoms with E-state index in [0.29, 0.717) is 12.3 Å². The Labute approximate surface area is 125 Å². The van der Waals surface area contributed by atoms with Crippen molar-refractivity contribution in [3.8, 4) is 0 Å². The molecule has 0 aliphatic carbocycles. The molecule has 2 heterocycles. The van der Waals surface area contributed by atoms with E-state index >= 15 is 0 Å². The van der Waals surface area contributed by atoms with Gasteiger partial charge in [-0.1, -0.05) is 0 Å². The lowest BCUT2D eigenvalue weighted by atomic mass is 10.1. The molecule has 1 aromatic heterocycles. The number of hydrogen-bond acceptors (Lipinski definition) is 4. The van der Waals surface area contributed by atoms with Crippen molar-refractivity contribution in [2.45, 2.75) is 32.3 Å². The minimum atomic E-state index is -0.128. The molecule has 0 atom stereocenters. The largest absolute Gasteiger partial charge is 0.462 e. The summed E-state index contributed by atoms with van der Waals surface area (Å²) in [6, 6.07) is 3.71. The van der Waals surface area contributed by atoms with Crippen LogP contribution in [-0.2, 0) is 4.79 Å². The van der Waals surface area contributed by atoms with Crippen LogP contribution in [0.2, 0.25) is 0 Å². The molecule has 0 aromatic carbocycles. The standard InChI is InChI=1S/C16H24N2O3/c1-13-3-4-15(21-13)5-6-16(20)17-9-2-10-18-11-7-14(19)8-12-18/h3-6,14,19H,2,7-12H2,1H3,(H,17,20). The first-order valence-corrected chi connectivity index (χ1v) is 7.56. The van der Waals surface area contributed by atoms with E-state index in [1.165, 1.54) is 6.08 Å². The van der Waals surface area contributed by atoms with Gasteiger partial charge in [-0.05, 0) is 50.9 Å². The Morgan fingerprint density at radius 3 is 2.90 bits per heavy atom. The normalized spacial score (nSPS) is 17.4. The zero-order valence-corrected chi connectivity index (χ0v) is 12.5. The van der Waals surface area contributed by atoms with Crippen molar-refractivity contribution in [1.29, 1.82) is 0 Å². The highest BCUT2D eigenvalue weighted by Crippen LogP contribution is 2.10. The van der Waals surface area contributed by atoms with E-state index in [1.54, 1.807) is 6.08 Å². The van der Waals surface area contributed by atoms with Crippen LogP contribution in [0.5, 0.6) is 0 Å². The number of aliphatic hydroxyl groups excluding tert-OH is 1. The Hall–Kier alpha value is -1.59. The molecule has 0 bridgehead atoms. The zero-order valence-electron chi connectivity index (χ0n) is 12.5. The van der Waals surface area contributed by atoms with E-state index in [0.717, 1.165) is 44.7 Å². The van der Waals surface area contributed by atoms with Gasteiger partial charge in [-0.3, -0.25) is 4.79 Å². The maximum Gasteiger partial charge on any atom is 0.244 e. The molecule has 1 saturated heterocycles. The summed E-state index contributed by atoms with van der Waals surface area (Å²) >= 11 is 0. The van der Waals surface area contributed by atoms with Gasteiger partial charge in [0.25, 0.3) is 0 Å². The number of nitrogens with one attached hydrogen (secondary N) is 1. The molecule has 1 aliphatic rings. The SMILES string of the molecule is Cc1ccc(C=CC(=O)NCCCN2CCC(O)CC2)o1. The number of nitrogens with zero attached hydrogens (tertiary/aromatic N) is 1. The molecule has 0 saturated carbocycles. The van der Waals surface area contributed by atoms with Crippen LogP contribution in [0, 0.1) is 6.92 Å². The predicted molar refractivity (Wildman–Crippen MR) is 81.8 cm³/mol. The van der Waals surface area contributed by atoms with E-state index in [4.69, 9.17) is 4.42 Å². The maximum absolute atomic E-state index is 11.6. The second-order valence-electron chi connectivity index (χ2n) is 5.50. The van der Waals surface area contributed by atoms with Crippen LogP contribution in [0.25, 0.3) is 6.08 Å². The molecule has 5 nitrogen and oxygen atoms in total. The monoisotopic (exact) mass is 292 g/mol. The van der Waals surface area contributed by atoms with Crippen LogP contribution in [0.4, 0.5) is 0 Å². The van der Waals surface area contributed by atoms with Crippen LogP contribution in [-0.4, -0.2) is 48.2 Å². The summed E-state index contributed by atoms with van der Waals surface area (Å²) in [5.74, 6) is 1.43. The van der Waals surface area contributed by atoms with Crippen LogP contribution in [0.3, 0.4) is 0 Å². The Kier molecular flexibility index (Phi) is 6.02. The number of aliphatic hydroxyl groups is 1. The zero-order chi connectivity index (χ0) is 15.1. The number of rotatable bonds is 6. The minimum Gasteiger partial charge on any atom is -0.462 e.